The SMILES string of the molecule is O=C(COc1ccc(Cl)cc1Cl)Nc1c(O)c2ccccc2[nH]c1=O. The molecule has 0 radical (unpaired) electrons. The second-order valence-electron chi connectivity index (χ2n) is 5.13. The fourth-order valence-corrected chi connectivity index (χ4v) is 2.72. The van der Waals surface area contributed by atoms with E-state index in [4.69, 9.17) is 27.9 Å². The normalized spacial score (nSPS) is 10.6. The Balaban J connectivity index is 1.77. The van der Waals surface area contributed by atoms with Gasteiger partial charge in [0.05, 0.1) is 10.5 Å². The number of rotatable bonds is 4. The van der Waals surface area contributed by atoms with Crippen molar-refractivity contribution in [1.82, 2.24) is 4.98 Å². The van der Waals surface area contributed by atoms with Gasteiger partial charge < -0.3 is 20.1 Å². The van der Waals surface area contributed by atoms with Gasteiger partial charge in [0.25, 0.3) is 11.5 Å². The van der Waals surface area contributed by atoms with E-state index in [2.05, 4.69) is 10.3 Å². The highest BCUT2D eigenvalue weighted by Gasteiger charge is 2.15. The number of ether oxygens (including phenoxy) is 1. The second-order valence-corrected chi connectivity index (χ2v) is 5.98. The van der Waals surface area contributed by atoms with Crippen molar-refractivity contribution in [2.45, 2.75) is 0 Å². The van der Waals surface area contributed by atoms with Crippen LogP contribution < -0.4 is 15.6 Å². The van der Waals surface area contributed by atoms with E-state index >= 15 is 0 Å². The fraction of sp³-hybridized carbons (Fsp3) is 0.0588. The van der Waals surface area contributed by atoms with Gasteiger partial charge >= 0.3 is 0 Å². The van der Waals surface area contributed by atoms with Crippen LogP contribution in [0.5, 0.6) is 11.5 Å². The average Bonchev–Trinajstić information content (AvgIpc) is 2.58. The number of carbonyl (C=O) groups excluding carboxylic acids is 1. The van der Waals surface area contributed by atoms with Gasteiger partial charge in [-0.1, -0.05) is 35.3 Å². The molecule has 0 aliphatic carbocycles. The number of aromatic nitrogens is 1. The molecule has 3 rings (SSSR count). The summed E-state index contributed by atoms with van der Waals surface area (Å²) in [6, 6.07) is 11.3. The van der Waals surface area contributed by atoms with Gasteiger partial charge in [0.1, 0.15) is 11.4 Å². The standard InChI is InChI=1S/C17H12Cl2N2O4/c18-9-5-6-13(11(19)7-9)25-8-14(22)21-15-16(23)10-3-1-2-4-12(10)20-17(15)24/h1-7H,8H2,(H,21,22)(H2,20,23,24). The van der Waals surface area contributed by atoms with E-state index in [9.17, 15) is 14.7 Å². The Bertz CT molecular complexity index is 1020. The van der Waals surface area contributed by atoms with Crippen LogP contribution in [0.15, 0.2) is 47.3 Å². The third kappa shape index (κ3) is 3.70. The van der Waals surface area contributed by atoms with Crippen LogP contribution in [-0.2, 0) is 4.79 Å². The van der Waals surface area contributed by atoms with Gasteiger partial charge in [0.2, 0.25) is 0 Å². The molecular formula is C17H12Cl2N2O4. The Morgan fingerprint density at radius 1 is 1.20 bits per heavy atom. The third-order valence-corrected chi connectivity index (χ3v) is 3.94. The molecule has 0 bridgehead atoms. The smallest absolute Gasteiger partial charge is 0.276 e. The first kappa shape index (κ1) is 17.1. The number of para-hydroxylation sites is 1. The maximum Gasteiger partial charge on any atom is 0.276 e. The van der Waals surface area contributed by atoms with Crippen molar-refractivity contribution in [2.75, 3.05) is 11.9 Å². The summed E-state index contributed by atoms with van der Waals surface area (Å²) < 4.78 is 5.30. The van der Waals surface area contributed by atoms with Crippen molar-refractivity contribution >= 4 is 45.7 Å². The number of anilines is 1. The quantitative estimate of drug-likeness (QED) is 0.647. The molecule has 128 valence electrons. The number of aromatic amines is 1. The van der Waals surface area contributed by atoms with Crippen molar-refractivity contribution in [3.8, 4) is 11.5 Å². The Morgan fingerprint density at radius 2 is 1.96 bits per heavy atom. The molecule has 0 saturated carbocycles. The van der Waals surface area contributed by atoms with E-state index in [1.54, 1.807) is 30.3 Å². The Morgan fingerprint density at radius 3 is 2.72 bits per heavy atom. The van der Waals surface area contributed by atoms with E-state index in [0.717, 1.165) is 0 Å². The molecule has 25 heavy (non-hydrogen) atoms. The maximum atomic E-state index is 12.0. The minimum Gasteiger partial charge on any atom is -0.505 e. The fourth-order valence-electron chi connectivity index (χ4n) is 2.25. The van der Waals surface area contributed by atoms with E-state index in [1.807, 2.05) is 0 Å². The first-order valence-corrected chi connectivity index (χ1v) is 7.93. The van der Waals surface area contributed by atoms with Gasteiger partial charge in [-0.15, -0.1) is 0 Å². The summed E-state index contributed by atoms with van der Waals surface area (Å²) >= 11 is 11.7. The average molecular weight is 379 g/mol. The summed E-state index contributed by atoms with van der Waals surface area (Å²) in [5, 5.41) is 13.7. The lowest BCUT2D eigenvalue weighted by atomic mass is 10.2. The number of benzene rings is 2. The highest BCUT2D eigenvalue weighted by molar-refractivity contribution is 6.35. The molecule has 0 aliphatic heterocycles. The molecule has 0 spiro atoms. The van der Waals surface area contributed by atoms with Crippen LogP contribution in [0, 0.1) is 0 Å². The molecule has 8 heteroatoms. The van der Waals surface area contributed by atoms with Crippen molar-refractivity contribution in [1.29, 1.82) is 0 Å². The van der Waals surface area contributed by atoms with Gasteiger partial charge in [-0.05, 0) is 30.3 Å². The largest absolute Gasteiger partial charge is 0.505 e. The predicted molar refractivity (Wildman–Crippen MR) is 96.8 cm³/mol. The molecule has 1 aromatic heterocycles. The van der Waals surface area contributed by atoms with E-state index in [0.29, 0.717) is 15.9 Å². The first-order chi connectivity index (χ1) is 12.0. The molecule has 6 nitrogen and oxygen atoms in total. The molecule has 0 fully saturated rings. The lowest BCUT2D eigenvalue weighted by Gasteiger charge is -2.10. The van der Waals surface area contributed by atoms with Crippen LogP contribution in [0.4, 0.5) is 5.69 Å². The molecule has 0 unspecified atom stereocenters. The van der Waals surface area contributed by atoms with Gasteiger partial charge in [0.15, 0.2) is 12.4 Å². The zero-order chi connectivity index (χ0) is 18.0. The highest BCUT2D eigenvalue weighted by atomic mass is 35.5. The number of hydrogen-bond donors (Lipinski definition) is 3. The van der Waals surface area contributed by atoms with E-state index in [-0.39, 0.29) is 22.2 Å². The molecule has 2 aromatic carbocycles. The zero-order valence-electron chi connectivity index (χ0n) is 12.7. The van der Waals surface area contributed by atoms with Gasteiger partial charge in [-0.2, -0.15) is 0 Å². The molecule has 1 amide bonds. The summed E-state index contributed by atoms with van der Waals surface area (Å²) in [5.74, 6) is -0.655. The second kappa shape index (κ2) is 7.04. The minimum absolute atomic E-state index is 0.241. The molecule has 3 aromatic rings. The number of carbonyl (C=O) groups is 1. The molecule has 0 atom stereocenters. The maximum absolute atomic E-state index is 12.0. The number of nitrogens with one attached hydrogen (secondary N) is 2. The van der Waals surface area contributed by atoms with Crippen LogP contribution in [0.1, 0.15) is 0 Å². The van der Waals surface area contributed by atoms with Crippen LogP contribution in [0.25, 0.3) is 10.9 Å². The highest BCUT2D eigenvalue weighted by Crippen LogP contribution is 2.29. The van der Waals surface area contributed by atoms with E-state index < -0.39 is 18.1 Å². The molecule has 1 heterocycles. The van der Waals surface area contributed by atoms with Crippen LogP contribution in [0.2, 0.25) is 10.0 Å². The monoisotopic (exact) mass is 378 g/mol. The van der Waals surface area contributed by atoms with Gasteiger partial charge in [-0.25, -0.2) is 0 Å². The third-order valence-electron chi connectivity index (χ3n) is 3.41. The van der Waals surface area contributed by atoms with Crippen LogP contribution >= 0.6 is 23.2 Å². The summed E-state index contributed by atoms with van der Waals surface area (Å²) in [7, 11) is 0. The van der Waals surface area contributed by atoms with Crippen molar-refractivity contribution in [2.24, 2.45) is 0 Å². The Labute approximate surface area is 152 Å². The minimum atomic E-state index is -0.623. The molecule has 0 aliphatic rings. The number of amides is 1. The molecular weight excluding hydrogens is 367 g/mol. The van der Waals surface area contributed by atoms with Crippen LogP contribution in [-0.4, -0.2) is 22.6 Å². The Kier molecular flexibility index (Phi) is 4.83. The van der Waals surface area contributed by atoms with Gasteiger partial charge in [0, 0.05) is 10.4 Å². The van der Waals surface area contributed by atoms with Crippen molar-refractivity contribution < 1.29 is 14.6 Å². The number of halogens is 2. The molecule has 3 N–H and O–H groups in total. The number of aromatic hydroxyl groups is 1. The molecule has 0 saturated heterocycles. The lowest BCUT2D eigenvalue weighted by molar-refractivity contribution is -0.118. The number of pyridine rings is 1. The van der Waals surface area contributed by atoms with E-state index in [1.165, 1.54) is 12.1 Å². The number of hydrogen-bond acceptors (Lipinski definition) is 4. The van der Waals surface area contributed by atoms with Gasteiger partial charge in [-0.3, -0.25) is 9.59 Å². The topological polar surface area (TPSA) is 91.4 Å². The predicted octanol–water partition coefficient (Wildman–Crippen LogP) is 3.56. The Hall–Kier alpha value is -2.70. The summed E-state index contributed by atoms with van der Waals surface area (Å²) in [6.45, 7) is -0.396. The van der Waals surface area contributed by atoms with Crippen molar-refractivity contribution in [3.05, 3.63) is 62.9 Å². The summed E-state index contributed by atoms with van der Waals surface area (Å²) in [6.07, 6.45) is 0. The summed E-state index contributed by atoms with van der Waals surface area (Å²) in [5.41, 5.74) is -0.393. The van der Waals surface area contributed by atoms with Crippen molar-refractivity contribution in [3.63, 3.8) is 0 Å². The van der Waals surface area contributed by atoms with Crippen LogP contribution in [0.3, 0.4) is 0 Å². The first-order valence-electron chi connectivity index (χ1n) is 7.17. The number of fused-ring (bicyclic) bond motifs is 1. The lowest BCUT2D eigenvalue weighted by Crippen LogP contribution is -2.24. The zero-order valence-corrected chi connectivity index (χ0v) is 14.2. The number of H-pyrrole nitrogens is 1. The summed E-state index contributed by atoms with van der Waals surface area (Å²) in [4.78, 5) is 26.7.